The fourth-order valence-corrected chi connectivity index (χ4v) is 2.48. The van der Waals surface area contributed by atoms with E-state index in [4.69, 9.17) is 10.3 Å². The van der Waals surface area contributed by atoms with E-state index in [0.29, 0.717) is 11.7 Å². The molecule has 0 aliphatic heterocycles. The van der Waals surface area contributed by atoms with Crippen molar-refractivity contribution in [3.05, 3.63) is 41.7 Å². The molecule has 7 heteroatoms. The fraction of sp³-hybridized carbons (Fsp3) is 0.250. The van der Waals surface area contributed by atoms with E-state index in [0.717, 1.165) is 28.8 Å². The molecule has 1 amide bonds. The van der Waals surface area contributed by atoms with Crippen LogP contribution in [0.1, 0.15) is 18.2 Å². The highest BCUT2D eigenvalue weighted by Crippen LogP contribution is 2.25. The Morgan fingerprint density at radius 2 is 2.04 bits per heavy atom. The first-order valence-electron chi connectivity index (χ1n) is 7.31. The van der Waals surface area contributed by atoms with Crippen molar-refractivity contribution in [3.63, 3.8) is 0 Å². The van der Waals surface area contributed by atoms with E-state index in [-0.39, 0.29) is 12.3 Å². The van der Waals surface area contributed by atoms with E-state index in [2.05, 4.69) is 22.2 Å². The van der Waals surface area contributed by atoms with Crippen LogP contribution in [0.3, 0.4) is 0 Å². The van der Waals surface area contributed by atoms with Crippen molar-refractivity contribution in [3.8, 4) is 22.8 Å². The SMILES string of the molecule is CCc1c(-c2nc(-c3ccc(CC(N)=O)cc3)no2)cnn1C. The van der Waals surface area contributed by atoms with Crippen LogP contribution >= 0.6 is 0 Å². The summed E-state index contributed by atoms with van der Waals surface area (Å²) in [5.74, 6) is 0.589. The molecule has 1 aromatic carbocycles. The van der Waals surface area contributed by atoms with E-state index in [1.165, 1.54) is 0 Å². The minimum absolute atomic E-state index is 0.216. The van der Waals surface area contributed by atoms with Crippen LogP contribution in [-0.4, -0.2) is 25.8 Å². The van der Waals surface area contributed by atoms with Gasteiger partial charge in [-0.05, 0) is 12.0 Å². The summed E-state index contributed by atoms with van der Waals surface area (Å²) in [6.07, 6.45) is 2.77. The Hall–Kier alpha value is -2.96. The minimum Gasteiger partial charge on any atom is -0.369 e. The topological polar surface area (TPSA) is 99.8 Å². The zero-order valence-corrected chi connectivity index (χ0v) is 13.0. The molecule has 0 atom stereocenters. The molecule has 118 valence electrons. The molecule has 0 spiro atoms. The number of nitrogens with zero attached hydrogens (tertiary/aromatic N) is 4. The van der Waals surface area contributed by atoms with Gasteiger partial charge in [0, 0.05) is 12.6 Å². The number of hydrogen-bond acceptors (Lipinski definition) is 5. The number of benzene rings is 1. The summed E-state index contributed by atoms with van der Waals surface area (Å²) in [5, 5.41) is 8.25. The van der Waals surface area contributed by atoms with Crippen LogP contribution in [0.15, 0.2) is 35.0 Å². The molecule has 3 aromatic rings. The molecule has 0 fully saturated rings. The van der Waals surface area contributed by atoms with Gasteiger partial charge in [-0.2, -0.15) is 10.1 Å². The van der Waals surface area contributed by atoms with E-state index < -0.39 is 0 Å². The second-order valence-corrected chi connectivity index (χ2v) is 5.25. The van der Waals surface area contributed by atoms with Gasteiger partial charge in [-0.25, -0.2) is 0 Å². The van der Waals surface area contributed by atoms with E-state index in [9.17, 15) is 4.79 Å². The van der Waals surface area contributed by atoms with Crippen molar-refractivity contribution in [2.75, 3.05) is 0 Å². The second-order valence-electron chi connectivity index (χ2n) is 5.25. The summed E-state index contributed by atoms with van der Waals surface area (Å²) >= 11 is 0. The van der Waals surface area contributed by atoms with Gasteiger partial charge >= 0.3 is 0 Å². The average Bonchev–Trinajstić information content (AvgIpc) is 3.13. The molecule has 0 aliphatic carbocycles. The van der Waals surface area contributed by atoms with Crippen LogP contribution in [0, 0.1) is 0 Å². The summed E-state index contributed by atoms with van der Waals surface area (Å²) in [6.45, 7) is 2.05. The van der Waals surface area contributed by atoms with Crippen molar-refractivity contribution in [1.82, 2.24) is 19.9 Å². The van der Waals surface area contributed by atoms with Crippen molar-refractivity contribution >= 4 is 5.91 Å². The van der Waals surface area contributed by atoms with Crippen LogP contribution < -0.4 is 5.73 Å². The second kappa shape index (κ2) is 6.04. The Bertz CT molecular complexity index is 833. The summed E-state index contributed by atoms with van der Waals surface area (Å²) < 4.78 is 7.17. The normalized spacial score (nSPS) is 10.9. The van der Waals surface area contributed by atoms with Crippen LogP contribution in [-0.2, 0) is 24.7 Å². The number of rotatable bonds is 5. The maximum absolute atomic E-state index is 10.9. The Morgan fingerprint density at radius 1 is 1.30 bits per heavy atom. The summed E-state index contributed by atoms with van der Waals surface area (Å²) in [6, 6.07) is 7.35. The molecule has 2 aromatic heterocycles. The third-order valence-electron chi connectivity index (χ3n) is 3.64. The monoisotopic (exact) mass is 311 g/mol. The van der Waals surface area contributed by atoms with Crippen molar-refractivity contribution in [2.45, 2.75) is 19.8 Å². The minimum atomic E-state index is -0.358. The Morgan fingerprint density at radius 3 is 2.70 bits per heavy atom. The van der Waals surface area contributed by atoms with E-state index in [1.54, 1.807) is 10.9 Å². The molecule has 0 radical (unpaired) electrons. The standard InChI is InChI=1S/C16H17N5O2/c1-3-13-12(9-18-21(13)2)16-19-15(20-23-16)11-6-4-10(5-7-11)8-14(17)22/h4-7,9H,3,8H2,1-2H3,(H2,17,22). The van der Waals surface area contributed by atoms with E-state index >= 15 is 0 Å². The maximum Gasteiger partial charge on any atom is 0.261 e. The molecule has 0 saturated carbocycles. The predicted molar refractivity (Wildman–Crippen MR) is 84.2 cm³/mol. The Kier molecular flexibility index (Phi) is 3.92. The maximum atomic E-state index is 10.9. The molecular weight excluding hydrogens is 294 g/mol. The van der Waals surface area contributed by atoms with Crippen molar-refractivity contribution in [2.24, 2.45) is 12.8 Å². The quantitative estimate of drug-likeness (QED) is 0.773. The lowest BCUT2D eigenvalue weighted by Crippen LogP contribution is -2.13. The third-order valence-corrected chi connectivity index (χ3v) is 3.64. The number of carbonyl (C=O) groups excluding carboxylic acids is 1. The lowest BCUT2D eigenvalue weighted by molar-refractivity contribution is -0.117. The number of amides is 1. The molecule has 2 heterocycles. The zero-order valence-electron chi connectivity index (χ0n) is 13.0. The highest BCUT2D eigenvalue weighted by atomic mass is 16.5. The lowest BCUT2D eigenvalue weighted by atomic mass is 10.1. The smallest absolute Gasteiger partial charge is 0.261 e. The summed E-state index contributed by atoms with van der Waals surface area (Å²) in [4.78, 5) is 15.4. The van der Waals surface area contributed by atoms with Gasteiger partial charge in [-0.1, -0.05) is 36.3 Å². The summed E-state index contributed by atoms with van der Waals surface area (Å²) in [5.41, 5.74) is 8.74. The van der Waals surface area contributed by atoms with Crippen molar-refractivity contribution in [1.29, 1.82) is 0 Å². The Labute approximate surface area is 133 Å². The average molecular weight is 311 g/mol. The van der Waals surface area contributed by atoms with Crippen LogP contribution in [0.25, 0.3) is 22.8 Å². The largest absolute Gasteiger partial charge is 0.369 e. The molecule has 2 N–H and O–H groups in total. The number of nitrogens with two attached hydrogens (primary N) is 1. The molecule has 0 unspecified atom stereocenters. The fourth-order valence-electron chi connectivity index (χ4n) is 2.48. The van der Waals surface area contributed by atoms with Crippen LogP contribution in [0.2, 0.25) is 0 Å². The first-order chi connectivity index (χ1) is 11.1. The molecule has 7 nitrogen and oxygen atoms in total. The molecule has 23 heavy (non-hydrogen) atoms. The number of primary amides is 1. The zero-order chi connectivity index (χ0) is 16.4. The summed E-state index contributed by atoms with van der Waals surface area (Å²) in [7, 11) is 1.89. The third kappa shape index (κ3) is 2.98. The van der Waals surface area contributed by atoms with Crippen molar-refractivity contribution < 1.29 is 9.32 Å². The molecule has 0 aliphatic rings. The van der Waals surface area contributed by atoms with Gasteiger partial charge < -0.3 is 10.3 Å². The Balaban J connectivity index is 1.88. The highest BCUT2D eigenvalue weighted by Gasteiger charge is 2.16. The lowest BCUT2D eigenvalue weighted by Gasteiger charge is -1.99. The number of carbonyl (C=O) groups is 1. The van der Waals surface area contributed by atoms with Gasteiger partial charge in [0.15, 0.2) is 0 Å². The van der Waals surface area contributed by atoms with Gasteiger partial charge in [-0.15, -0.1) is 0 Å². The van der Waals surface area contributed by atoms with Gasteiger partial charge in [0.2, 0.25) is 11.7 Å². The first kappa shape index (κ1) is 15.0. The first-order valence-corrected chi connectivity index (χ1v) is 7.31. The molecule has 0 bridgehead atoms. The van der Waals surface area contributed by atoms with Gasteiger partial charge in [0.25, 0.3) is 5.89 Å². The molecule has 3 rings (SSSR count). The van der Waals surface area contributed by atoms with Crippen LogP contribution in [0.5, 0.6) is 0 Å². The van der Waals surface area contributed by atoms with Gasteiger partial charge in [0.05, 0.1) is 23.9 Å². The number of hydrogen-bond donors (Lipinski definition) is 1. The van der Waals surface area contributed by atoms with Crippen LogP contribution in [0.4, 0.5) is 0 Å². The number of aromatic nitrogens is 4. The number of aryl methyl sites for hydroxylation is 1. The predicted octanol–water partition coefficient (Wildman–Crippen LogP) is 1.73. The van der Waals surface area contributed by atoms with Gasteiger partial charge in [0.1, 0.15) is 0 Å². The molecular formula is C16H17N5O2. The van der Waals surface area contributed by atoms with E-state index in [1.807, 2.05) is 31.3 Å². The highest BCUT2D eigenvalue weighted by molar-refractivity contribution is 5.76. The van der Waals surface area contributed by atoms with Gasteiger partial charge in [-0.3, -0.25) is 9.48 Å². The molecule has 0 saturated heterocycles.